The van der Waals surface area contributed by atoms with Crippen LogP contribution >= 0.6 is 11.3 Å². The van der Waals surface area contributed by atoms with Gasteiger partial charge in [0.25, 0.3) is 0 Å². The number of nitrogens with zero attached hydrogens (tertiary/aromatic N) is 2. The molecule has 0 bridgehead atoms. The maximum Gasteiger partial charge on any atom is 0.350 e. The number of aromatic nitrogens is 2. The van der Waals surface area contributed by atoms with Crippen LogP contribution < -0.4 is 0 Å². The Morgan fingerprint density at radius 3 is 2.68 bits per heavy atom. The van der Waals surface area contributed by atoms with Crippen molar-refractivity contribution in [3.8, 4) is 11.3 Å². The average Bonchev–Trinajstić information content (AvgIpc) is 3.08. The van der Waals surface area contributed by atoms with Gasteiger partial charge in [-0.15, -0.1) is 0 Å². The van der Waals surface area contributed by atoms with Crippen LogP contribution in [0.4, 0.5) is 0 Å². The van der Waals surface area contributed by atoms with Crippen molar-refractivity contribution in [2.24, 2.45) is 0 Å². The number of thiazole rings is 1. The molecule has 5 nitrogen and oxygen atoms in total. The fourth-order valence-corrected chi connectivity index (χ4v) is 3.26. The number of aliphatic hydroxyl groups excluding tert-OH is 1. The highest BCUT2D eigenvalue weighted by Gasteiger charge is 2.18. The highest BCUT2D eigenvalue weighted by atomic mass is 32.1. The molecular weight excluding hydrogens is 300 g/mol. The lowest BCUT2D eigenvalue weighted by Crippen LogP contribution is -2.04. The van der Waals surface area contributed by atoms with E-state index in [1.807, 2.05) is 41.8 Å². The lowest BCUT2D eigenvalue weighted by Gasteiger charge is -2.00. The summed E-state index contributed by atoms with van der Waals surface area (Å²) in [6, 6.07) is 7.61. The van der Waals surface area contributed by atoms with E-state index in [1.165, 1.54) is 11.3 Å². The SMILES string of the molecule is CCOC(=O)c1sc2nc(-c3ccc(CO)cc3)cn2c1C. The van der Waals surface area contributed by atoms with E-state index in [0.717, 1.165) is 27.5 Å². The minimum Gasteiger partial charge on any atom is -0.462 e. The zero-order valence-corrected chi connectivity index (χ0v) is 13.2. The molecule has 0 amide bonds. The molecule has 22 heavy (non-hydrogen) atoms. The molecule has 0 radical (unpaired) electrons. The number of ether oxygens (including phenoxy) is 1. The third kappa shape index (κ3) is 2.51. The number of esters is 1. The molecule has 114 valence electrons. The minimum absolute atomic E-state index is 0.0283. The van der Waals surface area contributed by atoms with Gasteiger partial charge in [0.2, 0.25) is 0 Å². The number of benzene rings is 1. The maximum atomic E-state index is 11.9. The molecule has 0 saturated carbocycles. The predicted molar refractivity (Wildman–Crippen MR) is 85.1 cm³/mol. The number of aliphatic hydroxyl groups is 1. The van der Waals surface area contributed by atoms with Crippen LogP contribution in [-0.4, -0.2) is 27.1 Å². The van der Waals surface area contributed by atoms with Crippen LogP contribution in [0.3, 0.4) is 0 Å². The third-order valence-corrected chi connectivity index (χ3v) is 4.59. The zero-order valence-electron chi connectivity index (χ0n) is 12.4. The zero-order chi connectivity index (χ0) is 15.7. The number of hydrogen-bond acceptors (Lipinski definition) is 5. The van der Waals surface area contributed by atoms with Gasteiger partial charge in [-0.3, -0.25) is 4.40 Å². The van der Waals surface area contributed by atoms with Gasteiger partial charge in [0.05, 0.1) is 18.9 Å². The standard InChI is InChI=1S/C16H16N2O3S/c1-3-21-15(20)14-10(2)18-8-13(17-16(18)22-14)12-6-4-11(9-19)5-7-12/h4-8,19H,3,9H2,1-2H3. The summed E-state index contributed by atoms with van der Waals surface area (Å²) in [6.07, 6.45) is 1.91. The Kier molecular flexibility index (Phi) is 3.96. The van der Waals surface area contributed by atoms with Crippen molar-refractivity contribution in [2.45, 2.75) is 20.5 Å². The molecule has 0 atom stereocenters. The van der Waals surface area contributed by atoms with Crippen molar-refractivity contribution in [3.63, 3.8) is 0 Å². The Morgan fingerprint density at radius 1 is 1.36 bits per heavy atom. The van der Waals surface area contributed by atoms with Crippen LogP contribution in [0.2, 0.25) is 0 Å². The summed E-state index contributed by atoms with van der Waals surface area (Å²) in [4.78, 5) is 17.8. The van der Waals surface area contributed by atoms with Crippen LogP contribution in [0.15, 0.2) is 30.5 Å². The second-order valence-corrected chi connectivity index (χ2v) is 5.85. The topological polar surface area (TPSA) is 63.8 Å². The van der Waals surface area contributed by atoms with E-state index in [-0.39, 0.29) is 12.6 Å². The van der Waals surface area contributed by atoms with Gasteiger partial charge in [0.15, 0.2) is 4.96 Å². The summed E-state index contributed by atoms with van der Waals surface area (Å²) in [7, 11) is 0. The summed E-state index contributed by atoms with van der Waals surface area (Å²) in [6.45, 7) is 4.07. The van der Waals surface area contributed by atoms with Crippen molar-refractivity contribution in [1.29, 1.82) is 0 Å². The van der Waals surface area contributed by atoms with E-state index in [9.17, 15) is 4.79 Å². The van der Waals surface area contributed by atoms with Gasteiger partial charge in [-0.25, -0.2) is 9.78 Å². The number of fused-ring (bicyclic) bond motifs is 1. The molecule has 0 fully saturated rings. The molecule has 1 N–H and O–H groups in total. The smallest absolute Gasteiger partial charge is 0.350 e. The van der Waals surface area contributed by atoms with Gasteiger partial charge in [0.1, 0.15) is 4.88 Å². The molecular formula is C16H16N2O3S. The molecule has 0 aliphatic carbocycles. The van der Waals surface area contributed by atoms with Gasteiger partial charge in [-0.1, -0.05) is 35.6 Å². The van der Waals surface area contributed by atoms with E-state index in [0.29, 0.717) is 11.5 Å². The molecule has 0 saturated heterocycles. The number of aryl methyl sites for hydroxylation is 1. The van der Waals surface area contributed by atoms with Gasteiger partial charge in [0, 0.05) is 17.5 Å². The van der Waals surface area contributed by atoms with Gasteiger partial charge >= 0.3 is 5.97 Å². The molecule has 2 heterocycles. The Morgan fingerprint density at radius 2 is 2.09 bits per heavy atom. The van der Waals surface area contributed by atoms with Gasteiger partial charge in [-0.2, -0.15) is 0 Å². The Balaban J connectivity index is 1.98. The van der Waals surface area contributed by atoms with E-state index in [1.54, 1.807) is 6.92 Å². The number of rotatable bonds is 4. The molecule has 0 spiro atoms. The summed E-state index contributed by atoms with van der Waals surface area (Å²) < 4.78 is 6.96. The Bertz CT molecular complexity index is 818. The predicted octanol–water partition coefficient (Wildman–Crippen LogP) is 3.04. The molecule has 0 aliphatic heterocycles. The summed E-state index contributed by atoms with van der Waals surface area (Å²) in [5, 5.41) is 9.08. The van der Waals surface area contributed by atoms with Crippen molar-refractivity contribution in [1.82, 2.24) is 9.38 Å². The first-order chi connectivity index (χ1) is 10.6. The van der Waals surface area contributed by atoms with Crippen molar-refractivity contribution in [2.75, 3.05) is 6.61 Å². The molecule has 0 unspecified atom stereocenters. The van der Waals surface area contributed by atoms with E-state index in [2.05, 4.69) is 4.98 Å². The van der Waals surface area contributed by atoms with Gasteiger partial charge in [-0.05, 0) is 19.4 Å². The normalized spacial score (nSPS) is 11.0. The van der Waals surface area contributed by atoms with Crippen LogP contribution in [0.5, 0.6) is 0 Å². The molecule has 3 aromatic rings. The first-order valence-electron chi connectivity index (χ1n) is 6.99. The van der Waals surface area contributed by atoms with E-state index in [4.69, 9.17) is 9.84 Å². The minimum atomic E-state index is -0.302. The van der Waals surface area contributed by atoms with Crippen molar-refractivity contribution >= 4 is 22.3 Å². The maximum absolute atomic E-state index is 11.9. The van der Waals surface area contributed by atoms with Crippen LogP contribution in [-0.2, 0) is 11.3 Å². The largest absolute Gasteiger partial charge is 0.462 e. The van der Waals surface area contributed by atoms with Crippen LogP contribution in [0.1, 0.15) is 27.9 Å². The highest BCUT2D eigenvalue weighted by Crippen LogP contribution is 2.27. The van der Waals surface area contributed by atoms with Crippen molar-refractivity contribution < 1.29 is 14.6 Å². The number of imidazole rings is 1. The second kappa shape index (κ2) is 5.90. The van der Waals surface area contributed by atoms with Crippen LogP contribution in [0.25, 0.3) is 16.2 Å². The van der Waals surface area contributed by atoms with E-state index >= 15 is 0 Å². The Hall–Kier alpha value is -2.18. The van der Waals surface area contributed by atoms with E-state index < -0.39 is 0 Å². The highest BCUT2D eigenvalue weighted by molar-refractivity contribution is 7.19. The van der Waals surface area contributed by atoms with Crippen LogP contribution in [0, 0.1) is 6.92 Å². The average molecular weight is 316 g/mol. The summed E-state index contributed by atoms with van der Waals surface area (Å²) in [5.74, 6) is -0.302. The first kappa shape index (κ1) is 14.7. The molecule has 1 aromatic carbocycles. The summed E-state index contributed by atoms with van der Waals surface area (Å²) in [5.41, 5.74) is 3.52. The third-order valence-electron chi connectivity index (χ3n) is 3.45. The second-order valence-electron chi connectivity index (χ2n) is 4.87. The fourth-order valence-electron chi connectivity index (χ4n) is 2.26. The molecule has 3 rings (SSSR count). The lowest BCUT2D eigenvalue weighted by molar-refractivity contribution is 0.0531. The number of hydrogen-bond donors (Lipinski definition) is 1. The number of carbonyl (C=O) groups is 1. The number of carbonyl (C=O) groups excluding carboxylic acids is 1. The molecule has 2 aromatic heterocycles. The fraction of sp³-hybridized carbons (Fsp3) is 0.250. The summed E-state index contributed by atoms with van der Waals surface area (Å²) >= 11 is 1.33. The first-order valence-corrected chi connectivity index (χ1v) is 7.81. The Labute approximate surface area is 131 Å². The van der Waals surface area contributed by atoms with Gasteiger partial charge < -0.3 is 9.84 Å². The quantitative estimate of drug-likeness (QED) is 0.751. The van der Waals surface area contributed by atoms with Crippen molar-refractivity contribution in [3.05, 3.63) is 46.6 Å². The molecule has 0 aliphatic rings. The molecule has 6 heteroatoms. The lowest BCUT2D eigenvalue weighted by atomic mass is 10.1. The monoisotopic (exact) mass is 316 g/mol.